The highest BCUT2D eigenvalue weighted by molar-refractivity contribution is 5.97. The van der Waals surface area contributed by atoms with Gasteiger partial charge in [-0.05, 0) is 53.8 Å². The van der Waals surface area contributed by atoms with Crippen molar-refractivity contribution in [3.63, 3.8) is 0 Å². The Labute approximate surface area is 152 Å². The number of aryl methyl sites for hydroxylation is 1. The van der Waals surface area contributed by atoms with Crippen LogP contribution < -0.4 is 0 Å². The van der Waals surface area contributed by atoms with E-state index >= 15 is 0 Å². The number of piperidine rings is 1. The number of hydrogen-bond acceptors (Lipinski definition) is 4. The number of hydrogen-bond donors (Lipinski definition) is 0. The van der Waals surface area contributed by atoms with Crippen LogP contribution in [-0.4, -0.2) is 44.1 Å². The zero-order valence-electron chi connectivity index (χ0n) is 14.7. The molecule has 0 spiro atoms. The quantitative estimate of drug-likeness (QED) is 0.731. The van der Waals surface area contributed by atoms with Crippen LogP contribution in [-0.2, 0) is 0 Å². The molecule has 1 saturated heterocycles. The van der Waals surface area contributed by atoms with Gasteiger partial charge in [0.1, 0.15) is 0 Å². The van der Waals surface area contributed by atoms with Crippen molar-refractivity contribution in [1.82, 2.24) is 25.1 Å². The molecule has 0 aliphatic carbocycles. The third-order valence-corrected chi connectivity index (χ3v) is 5.04. The van der Waals surface area contributed by atoms with Crippen LogP contribution in [0.4, 0.5) is 0 Å². The Morgan fingerprint density at radius 3 is 2.38 bits per heavy atom. The minimum atomic E-state index is 0.0435. The lowest BCUT2D eigenvalue weighted by Gasteiger charge is -2.32. The molecule has 2 heterocycles. The van der Waals surface area contributed by atoms with Gasteiger partial charge in [-0.2, -0.15) is 4.68 Å². The molecule has 0 atom stereocenters. The Balaban J connectivity index is 1.52. The summed E-state index contributed by atoms with van der Waals surface area (Å²) < 4.78 is 1.62. The molecule has 1 aliphatic rings. The maximum absolute atomic E-state index is 13.1. The van der Waals surface area contributed by atoms with Crippen LogP contribution in [0.5, 0.6) is 0 Å². The Kier molecular flexibility index (Phi) is 4.48. The predicted octanol–water partition coefficient (Wildman–Crippen LogP) is 2.99. The fraction of sp³-hybridized carbons (Fsp3) is 0.300. The SMILES string of the molecule is Cc1nnnn1-c1ccccc1C(=O)N1CCC(c2ccccc2)CC1. The van der Waals surface area contributed by atoms with Gasteiger partial charge in [-0.1, -0.05) is 42.5 Å². The number of nitrogens with zero attached hydrogens (tertiary/aromatic N) is 5. The second kappa shape index (κ2) is 7.07. The lowest BCUT2D eigenvalue weighted by molar-refractivity contribution is 0.0713. The molecule has 1 fully saturated rings. The van der Waals surface area contributed by atoms with E-state index < -0.39 is 0 Å². The molecule has 3 aromatic rings. The summed E-state index contributed by atoms with van der Waals surface area (Å²) in [6, 6.07) is 18.1. The topological polar surface area (TPSA) is 63.9 Å². The van der Waals surface area contributed by atoms with Gasteiger partial charge in [-0.15, -0.1) is 5.10 Å². The summed E-state index contributed by atoms with van der Waals surface area (Å²) in [5, 5.41) is 11.6. The fourth-order valence-electron chi connectivity index (χ4n) is 3.60. The fourth-order valence-corrected chi connectivity index (χ4v) is 3.60. The summed E-state index contributed by atoms with van der Waals surface area (Å²) in [4.78, 5) is 15.1. The van der Waals surface area contributed by atoms with E-state index in [-0.39, 0.29) is 5.91 Å². The molecule has 0 unspecified atom stereocenters. The Bertz CT molecular complexity index is 897. The number of rotatable bonds is 3. The second-order valence-electron chi connectivity index (χ2n) is 6.63. The smallest absolute Gasteiger partial charge is 0.256 e. The van der Waals surface area contributed by atoms with E-state index in [0.717, 1.165) is 31.6 Å². The molecule has 6 heteroatoms. The lowest BCUT2D eigenvalue weighted by atomic mass is 9.89. The minimum Gasteiger partial charge on any atom is -0.339 e. The van der Waals surface area contributed by atoms with E-state index in [9.17, 15) is 4.79 Å². The maximum atomic E-state index is 13.1. The zero-order chi connectivity index (χ0) is 17.9. The number of carbonyl (C=O) groups is 1. The van der Waals surface area contributed by atoms with Gasteiger partial charge in [0, 0.05) is 13.1 Å². The van der Waals surface area contributed by atoms with Crippen LogP contribution in [0.15, 0.2) is 54.6 Å². The van der Waals surface area contributed by atoms with Gasteiger partial charge in [-0.25, -0.2) is 0 Å². The number of carbonyl (C=O) groups excluding carboxylic acids is 1. The summed E-state index contributed by atoms with van der Waals surface area (Å²) in [6.07, 6.45) is 1.98. The van der Waals surface area contributed by atoms with E-state index in [1.807, 2.05) is 42.2 Å². The lowest BCUT2D eigenvalue weighted by Crippen LogP contribution is -2.38. The molecule has 2 aromatic carbocycles. The Morgan fingerprint density at radius 1 is 1.00 bits per heavy atom. The van der Waals surface area contributed by atoms with Crippen LogP contribution >= 0.6 is 0 Å². The Morgan fingerprint density at radius 2 is 1.69 bits per heavy atom. The van der Waals surface area contributed by atoms with Crippen molar-refractivity contribution in [3.05, 3.63) is 71.5 Å². The molecule has 4 rings (SSSR count). The second-order valence-corrected chi connectivity index (χ2v) is 6.63. The number of para-hydroxylation sites is 1. The third-order valence-electron chi connectivity index (χ3n) is 5.04. The van der Waals surface area contributed by atoms with E-state index in [1.165, 1.54) is 5.56 Å². The van der Waals surface area contributed by atoms with E-state index in [4.69, 9.17) is 0 Å². The first-order valence-electron chi connectivity index (χ1n) is 8.92. The van der Waals surface area contributed by atoms with Gasteiger partial charge in [0.2, 0.25) is 0 Å². The minimum absolute atomic E-state index is 0.0435. The van der Waals surface area contributed by atoms with E-state index in [1.54, 1.807) is 4.68 Å². The highest BCUT2D eigenvalue weighted by atomic mass is 16.2. The summed E-state index contributed by atoms with van der Waals surface area (Å²) in [5.74, 6) is 1.23. The zero-order valence-corrected chi connectivity index (χ0v) is 14.7. The van der Waals surface area contributed by atoms with Gasteiger partial charge in [0.15, 0.2) is 5.82 Å². The normalized spacial score (nSPS) is 15.2. The standard InChI is InChI=1S/C20H21N5O/c1-15-21-22-23-25(15)19-10-6-5-9-18(19)20(26)24-13-11-17(12-14-24)16-7-3-2-4-8-16/h2-10,17H,11-14H2,1H3. The number of tetrazole rings is 1. The molecule has 0 saturated carbocycles. The number of likely N-dealkylation sites (tertiary alicyclic amines) is 1. The average Bonchev–Trinajstić information content (AvgIpc) is 3.14. The van der Waals surface area contributed by atoms with Crippen molar-refractivity contribution in [1.29, 1.82) is 0 Å². The van der Waals surface area contributed by atoms with Crippen molar-refractivity contribution in [2.75, 3.05) is 13.1 Å². The highest BCUT2D eigenvalue weighted by Gasteiger charge is 2.26. The van der Waals surface area contributed by atoms with Crippen molar-refractivity contribution in [2.24, 2.45) is 0 Å². The molecule has 1 aliphatic heterocycles. The van der Waals surface area contributed by atoms with Crippen LogP contribution in [0.25, 0.3) is 5.69 Å². The Hall–Kier alpha value is -3.02. The first kappa shape index (κ1) is 16.4. The molecule has 1 amide bonds. The first-order valence-corrected chi connectivity index (χ1v) is 8.92. The van der Waals surface area contributed by atoms with Crippen molar-refractivity contribution in [2.45, 2.75) is 25.7 Å². The molecule has 0 N–H and O–H groups in total. The summed E-state index contributed by atoms with van der Waals surface area (Å²) in [7, 11) is 0. The van der Waals surface area contributed by atoms with Crippen LogP contribution in [0.1, 0.15) is 40.5 Å². The van der Waals surface area contributed by atoms with Crippen molar-refractivity contribution < 1.29 is 4.79 Å². The molecule has 6 nitrogen and oxygen atoms in total. The van der Waals surface area contributed by atoms with Gasteiger partial charge in [0.25, 0.3) is 5.91 Å². The van der Waals surface area contributed by atoms with Gasteiger partial charge in [0.05, 0.1) is 11.3 Å². The number of aromatic nitrogens is 4. The monoisotopic (exact) mass is 347 g/mol. The molecule has 1 aromatic heterocycles. The van der Waals surface area contributed by atoms with Crippen LogP contribution in [0.3, 0.4) is 0 Å². The average molecular weight is 347 g/mol. The maximum Gasteiger partial charge on any atom is 0.256 e. The van der Waals surface area contributed by atoms with E-state index in [0.29, 0.717) is 17.3 Å². The first-order chi connectivity index (χ1) is 12.7. The summed E-state index contributed by atoms with van der Waals surface area (Å²) >= 11 is 0. The van der Waals surface area contributed by atoms with Crippen LogP contribution in [0, 0.1) is 6.92 Å². The van der Waals surface area contributed by atoms with Crippen molar-refractivity contribution in [3.8, 4) is 5.69 Å². The molecule has 132 valence electrons. The van der Waals surface area contributed by atoms with Gasteiger partial charge < -0.3 is 4.90 Å². The number of benzene rings is 2. The summed E-state index contributed by atoms with van der Waals surface area (Å²) in [6.45, 7) is 3.36. The van der Waals surface area contributed by atoms with Crippen LogP contribution in [0.2, 0.25) is 0 Å². The molecular formula is C20H21N5O. The molecular weight excluding hydrogens is 326 g/mol. The highest BCUT2D eigenvalue weighted by Crippen LogP contribution is 2.29. The largest absolute Gasteiger partial charge is 0.339 e. The number of amides is 1. The van der Waals surface area contributed by atoms with Gasteiger partial charge >= 0.3 is 0 Å². The van der Waals surface area contributed by atoms with E-state index in [2.05, 4.69) is 39.8 Å². The molecule has 26 heavy (non-hydrogen) atoms. The third kappa shape index (κ3) is 3.10. The summed E-state index contributed by atoms with van der Waals surface area (Å²) in [5.41, 5.74) is 2.73. The van der Waals surface area contributed by atoms with Crippen molar-refractivity contribution >= 4 is 5.91 Å². The van der Waals surface area contributed by atoms with Gasteiger partial charge in [-0.3, -0.25) is 4.79 Å². The molecule has 0 radical (unpaired) electrons. The molecule has 0 bridgehead atoms. The predicted molar refractivity (Wildman–Crippen MR) is 98.2 cm³/mol.